The highest BCUT2D eigenvalue weighted by Gasteiger charge is 2.17. The Balaban J connectivity index is 3.87. The Morgan fingerprint density at radius 2 is 2.30 bits per heavy atom. The Morgan fingerprint density at radius 1 is 1.80 bits per heavy atom. The summed E-state index contributed by atoms with van der Waals surface area (Å²) in [5.41, 5.74) is 0.666. The summed E-state index contributed by atoms with van der Waals surface area (Å²) in [6.45, 7) is 7.15. The lowest BCUT2D eigenvalue weighted by atomic mass is 10.4. The average Bonchev–Trinajstić information content (AvgIpc) is 1.59. The van der Waals surface area contributed by atoms with Gasteiger partial charge in [-0.3, -0.25) is 4.57 Å². The van der Waals surface area contributed by atoms with E-state index in [4.69, 9.17) is 4.89 Å². The van der Waals surface area contributed by atoms with Crippen LogP contribution in [-0.4, -0.2) is 17.7 Å². The van der Waals surface area contributed by atoms with Crippen molar-refractivity contribution in [3.05, 3.63) is 12.2 Å². The molecule has 10 heavy (non-hydrogen) atoms. The lowest BCUT2D eigenvalue weighted by molar-refractivity contribution is 0.276. The molecule has 1 unspecified atom stereocenters. The van der Waals surface area contributed by atoms with Crippen LogP contribution in [0.1, 0.15) is 13.8 Å². The van der Waals surface area contributed by atoms with E-state index in [0.717, 1.165) is 0 Å². The molecule has 0 amide bonds. The maximum atomic E-state index is 10.9. The summed E-state index contributed by atoms with van der Waals surface area (Å²) in [6, 6.07) is 0. The van der Waals surface area contributed by atoms with Gasteiger partial charge in [0.05, 0.1) is 12.8 Å². The summed E-state index contributed by atoms with van der Waals surface area (Å²) in [4.78, 5) is 8.96. The molecule has 0 aromatic carbocycles. The maximum absolute atomic E-state index is 10.9. The van der Waals surface area contributed by atoms with Crippen LogP contribution in [0.15, 0.2) is 12.2 Å². The lowest BCUT2D eigenvalue weighted by Crippen LogP contribution is -1.94. The SMILES string of the molecule is C=C(C)CP(=O)(O)OCC. The third kappa shape index (κ3) is 4.74. The summed E-state index contributed by atoms with van der Waals surface area (Å²) in [6.07, 6.45) is 0.0564. The van der Waals surface area contributed by atoms with Gasteiger partial charge in [0, 0.05) is 0 Å². The van der Waals surface area contributed by atoms with E-state index in [0.29, 0.717) is 5.57 Å². The highest BCUT2D eigenvalue weighted by Crippen LogP contribution is 2.42. The highest BCUT2D eigenvalue weighted by atomic mass is 31.2. The predicted octanol–water partition coefficient (Wildman–Crippen LogP) is 1.78. The van der Waals surface area contributed by atoms with Crippen molar-refractivity contribution in [1.82, 2.24) is 0 Å². The van der Waals surface area contributed by atoms with Crippen molar-refractivity contribution in [3.8, 4) is 0 Å². The zero-order valence-electron chi connectivity index (χ0n) is 6.33. The Hall–Kier alpha value is -0.110. The first-order valence-corrected chi connectivity index (χ1v) is 4.85. The molecule has 0 aromatic rings. The number of allylic oxidation sites excluding steroid dienone is 1. The van der Waals surface area contributed by atoms with E-state index in [9.17, 15) is 4.57 Å². The van der Waals surface area contributed by atoms with Gasteiger partial charge in [-0.05, 0) is 13.8 Å². The molecule has 4 heteroatoms. The van der Waals surface area contributed by atoms with Gasteiger partial charge in [0.25, 0.3) is 0 Å². The Bertz CT molecular complexity index is 164. The summed E-state index contributed by atoms with van der Waals surface area (Å²) < 4.78 is 15.5. The fourth-order valence-electron chi connectivity index (χ4n) is 0.588. The minimum atomic E-state index is -3.35. The number of hydrogen-bond acceptors (Lipinski definition) is 2. The molecule has 0 fully saturated rings. The van der Waals surface area contributed by atoms with Crippen molar-refractivity contribution in [2.24, 2.45) is 0 Å². The van der Waals surface area contributed by atoms with Crippen LogP contribution < -0.4 is 0 Å². The number of hydrogen-bond donors (Lipinski definition) is 1. The van der Waals surface area contributed by atoms with Crippen LogP contribution in [0.5, 0.6) is 0 Å². The minimum absolute atomic E-state index is 0.0564. The van der Waals surface area contributed by atoms with Gasteiger partial charge in [-0.15, -0.1) is 0 Å². The molecule has 0 radical (unpaired) electrons. The van der Waals surface area contributed by atoms with Crippen molar-refractivity contribution in [3.63, 3.8) is 0 Å². The van der Waals surface area contributed by atoms with E-state index < -0.39 is 7.60 Å². The third-order valence-corrected chi connectivity index (χ3v) is 2.40. The van der Waals surface area contributed by atoms with E-state index in [1.54, 1.807) is 13.8 Å². The Morgan fingerprint density at radius 3 is 2.60 bits per heavy atom. The average molecular weight is 164 g/mol. The van der Waals surface area contributed by atoms with Gasteiger partial charge in [-0.1, -0.05) is 12.2 Å². The van der Waals surface area contributed by atoms with Crippen LogP contribution in [0.4, 0.5) is 0 Å². The molecule has 0 rings (SSSR count). The molecule has 60 valence electrons. The molecule has 0 saturated heterocycles. The van der Waals surface area contributed by atoms with Crippen LogP contribution in [0, 0.1) is 0 Å². The Kier molecular flexibility index (Phi) is 3.87. The molecule has 3 nitrogen and oxygen atoms in total. The largest absolute Gasteiger partial charge is 0.332 e. The first kappa shape index (κ1) is 9.89. The molecule has 1 atom stereocenters. The molecule has 0 aromatic heterocycles. The van der Waals surface area contributed by atoms with Gasteiger partial charge in [0.15, 0.2) is 0 Å². The van der Waals surface area contributed by atoms with E-state index in [1.165, 1.54) is 0 Å². The molecule has 0 aliphatic carbocycles. The van der Waals surface area contributed by atoms with Gasteiger partial charge >= 0.3 is 7.60 Å². The molecule has 0 saturated carbocycles. The topological polar surface area (TPSA) is 46.5 Å². The first-order valence-electron chi connectivity index (χ1n) is 3.08. The normalized spacial score (nSPS) is 16.3. The fourth-order valence-corrected chi connectivity index (χ4v) is 1.77. The van der Waals surface area contributed by atoms with Crippen LogP contribution in [0.25, 0.3) is 0 Å². The smallest absolute Gasteiger partial charge is 0.324 e. The predicted molar refractivity (Wildman–Crippen MR) is 41.1 cm³/mol. The summed E-state index contributed by atoms with van der Waals surface area (Å²) in [5, 5.41) is 0. The van der Waals surface area contributed by atoms with Crippen LogP contribution in [-0.2, 0) is 9.09 Å². The van der Waals surface area contributed by atoms with Gasteiger partial charge in [0.2, 0.25) is 0 Å². The van der Waals surface area contributed by atoms with Gasteiger partial charge in [0.1, 0.15) is 0 Å². The number of rotatable bonds is 4. The fraction of sp³-hybridized carbons (Fsp3) is 0.667. The molecule has 0 aliphatic heterocycles. The lowest BCUT2D eigenvalue weighted by Gasteiger charge is -2.09. The van der Waals surface area contributed by atoms with Crippen LogP contribution in [0.2, 0.25) is 0 Å². The molecule has 0 bridgehead atoms. The minimum Gasteiger partial charge on any atom is -0.324 e. The molecule has 0 aliphatic rings. The molecule has 0 spiro atoms. The van der Waals surface area contributed by atoms with Crippen molar-refractivity contribution >= 4 is 7.60 Å². The van der Waals surface area contributed by atoms with Gasteiger partial charge in [-0.25, -0.2) is 0 Å². The van der Waals surface area contributed by atoms with Crippen LogP contribution >= 0.6 is 7.60 Å². The van der Waals surface area contributed by atoms with E-state index in [-0.39, 0.29) is 12.8 Å². The zero-order valence-corrected chi connectivity index (χ0v) is 7.23. The summed E-state index contributed by atoms with van der Waals surface area (Å²) >= 11 is 0. The second-order valence-electron chi connectivity index (χ2n) is 2.17. The molecular formula is C6H13O3P. The third-order valence-electron chi connectivity index (χ3n) is 0.801. The second kappa shape index (κ2) is 3.91. The highest BCUT2D eigenvalue weighted by molar-refractivity contribution is 7.53. The quantitative estimate of drug-likeness (QED) is 0.509. The van der Waals surface area contributed by atoms with Gasteiger partial charge < -0.3 is 9.42 Å². The van der Waals surface area contributed by atoms with E-state index >= 15 is 0 Å². The van der Waals surface area contributed by atoms with Gasteiger partial charge in [-0.2, -0.15) is 0 Å². The monoisotopic (exact) mass is 164 g/mol. The molecular weight excluding hydrogens is 151 g/mol. The Labute approximate surface area is 61.2 Å². The summed E-state index contributed by atoms with van der Waals surface area (Å²) in [7, 11) is -3.35. The summed E-state index contributed by atoms with van der Waals surface area (Å²) in [5.74, 6) is 0. The van der Waals surface area contributed by atoms with E-state index in [2.05, 4.69) is 11.1 Å². The zero-order chi connectivity index (χ0) is 8.20. The van der Waals surface area contributed by atoms with Crippen molar-refractivity contribution in [1.29, 1.82) is 0 Å². The van der Waals surface area contributed by atoms with E-state index in [1.807, 2.05) is 0 Å². The van der Waals surface area contributed by atoms with Crippen molar-refractivity contribution < 1.29 is 14.0 Å². The second-order valence-corrected chi connectivity index (χ2v) is 4.02. The van der Waals surface area contributed by atoms with Crippen molar-refractivity contribution in [2.75, 3.05) is 12.8 Å². The van der Waals surface area contributed by atoms with Crippen LogP contribution in [0.3, 0.4) is 0 Å². The van der Waals surface area contributed by atoms with Crippen molar-refractivity contribution in [2.45, 2.75) is 13.8 Å². The first-order chi connectivity index (χ1) is 4.48. The maximum Gasteiger partial charge on any atom is 0.332 e. The molecule has 0 heterocycles. The standard InChI is InChI=1S/C6H13O3P/c1-4-9-10(7,8)5-6(2)3/h2,4-5H2,1,3H3,(H,7,8). The molecule has 1 N–H and O–H groups in total.